The first-order valence-electron chi connectivity index (χ1n) is 6.84. The molecule has 0 aliphatic rings. The van der Waals surface area contributed by atoms with Gasteiger partial charge in [0.1, 0.15) is 0 Å². The molecular formula is C16H16F3NO2S. The van der Waals surface area contributed by atoms with Crippen LogP contribution < -0.4 is 0 Å². The molecule has 2 aromatic rings. The molecule has 1 atom stereocenters. The van der Waals surface area contributed by atoms with E-state index in [-0.39, 0.29) is 4.90 Å². The van der Waals surface area contributed by atoms with Gasteiger partial charge in [0, 0.05) is 13.1 Å². The van der Waals surface area contributed by atoms with Gasteiger partial charge in [0.2, 0.25) is 10.0 Å². The van der Waals surface area contributed by atoms with Gasteiger partial charge >= 0.3 is 6.18 Å². The summed E-state index contributed by atoms with van der Waals surface area (Å²) in [4.78, 5) is 0.140. The Bertz CT molecular complexity index is 756. The Morgan fingerprint density at radius 1 is 0.957 bits per heavy atom. The molecule has 3 nitrogen and oxygen atoms in total. The van der Waals surface area contributed by atoms with Crippen molar-refractivity contribution in [2.75, 3.05) is 7.05 Å². The van der Waals surface area contributed by atoms with E-state index in [1.165, 1.54) is 31.3 Å². The standard InChI is InChI=1S/C16H16F3NO2S/c1-12(13-8-10-14(11-9-13)16(17,18)19)20(2)23(21,22)15-6-4-3-5-7-15/h3-12H,1-2H3/t12-/m0/s1. The minimum absolute atomic E-state index is 0.140. The Kier molecular flexibility index (Phi) is 4.81. The summed E-state index contributed by atoms with van der Waals surface area (Å²) in [5.41, 5.74) is -0.276. The molecule has 0 fully saturated rings. The average Bonchev–Trinajstić information content (AvgIpc) is 2.53. The predicted octanol–water partition coefficient (Wildman–Crippen LogP) is 4.09. The van der Waals surface area contributed by atoms with Gasteiger partial charge in [-0.05, 0) is 36.8 Å². The maximum absolute atomic E-state index is 12.6. The van der Waals surface area contributed by atoms with Crippen molar-refractivity contribution < 1.29 is 21.6 Å². The number of sulfonamides is 1. The van der Waals surface area contributed by atoms with Gasteiger partial charge in [0.25, 0.3) is 0 Å². The summed E-state index contributed by atoms with van der Waals surface area (Å²) in [7, 11) is -2.31. The van der Waals surface area contributed by atoms with Gasteiger partial charge in [-0.3, -0.25) is 0 Å². The van der Waals surface area contributed by atoms with Crippen LogP contribution in [0.5, 0.6) is 0 Å². The molecule has 2 rings (SSSR count). The van der Waals surface area contributed by atoms with Gasteiger partial charge in [-0.2, -0.15) is 17.5 Å². The van der Waals surface area contributed by atoms with Crippen molar-refractivity contribution >= 4 is 10.0 Å². The lowest BCUT2D eigenvalue weighted by atomic mass is 10.1. The minimum atomic E-state index is -4.41. The molecular weight excluding hydrogens is 327 g/mol. The van der Waals surface area contributed by atoms with Crippen molar-refractivity contribution in [2.45, 2.75) is 24.0 Å². The molecule has 0 amide bonds. The Morgan fingerprint density at radius 2 is 1.48 bits per heavy atom. The summed E-state index contributed by atoms with van der Waals surface area (Å²) >= 11 is 0. The zero-order valence-electron chi connectivity index (χ0n) is 12.6. The molecule has 0 saturated heterocycles. The summed E-state index contributed by atoms with van der Waals surface area (Å²) < 4.78 is 63.9. The maximum Gasteiger partial charge on any atom is 0.416 e. The fourth-order valence-corrected chi connectivity index (χ4v) is 3.50. The third-order valence-corrected chi connectivity index (χ3v) is 5.63. The first-order chi connectivity index (χ1) is 10.6. The molecule has 0 unspecified atom stereocenters. The molecule has 0 saturated carbocycles. The fraction of sp³-hybridized carbons (Fsp3) is 0.250. The van der Waals surface area contributed by atoms with E-state index in [1.807, 2.05) is 0 Å². The molecule has 0 N–H and O–H groups in total. The van der Waals surface area contributed by atoms with Crippen LogP contribution in [0.1, 0.15) is 24.1 Å². The van der Waals surface area contributed by atoms with E-state index < -0.39 is 27.8 Å². The van der Waals surface area contributed by atoms with E-state index in [1.54, 1.807) is 25.1 Å². The molecule has 0 radical (unpaired) electrons. The topological polar surface area (TPSA) is 37.4 Å². The normalized spacial score (nSPS) is 14.0. The fourth-order valence-electron chi connectivity index (χ4n) is 2.13. The van der Waals surface area contributed by atoms with Gasteiger partial charge in [-0.1, -0.05) is 30.3 Å². The highest BCUT2D eigenvalue weighted by atomic mass is 32.2. The van der Waals surface area contributed by atoms with Crippen LogP contribution in [0.2, 0.25) is 0 Å². The van der Waals surface area contributed by atoms with Crippen molar-refractivity contribution in [1.82, 2.24) is 4.31 Å². The molecule has 124 valence electrons. The maximum atomic E-state index is 12.6. The predicted molar refractivity (Wildman–Crippen MR) is 81.2 cm³/mol. The highest BCUT2D eigenvalue weighted by Gasteiger charge is 2.31. The van der Waals surface area contributed by atoms with Crippen LogP contribution in [0.25, 0.3) is 0 Å². The number of hydrogen-bond donors (Lipinski definition) is 0. The van der Waals surface area contributed by atoms with Gasteiger partial charge in [-0.15, -0.1) is 0 Å². The second-order valence-corrected chi connectivity index (χ2v) is 7.13. The minimum Gasteiger partial charge on any atom is -0.207 e. The van der Waals surface area contributed by atoms with Crippen molar-refractivity contribution in [3.63, 3.8) is 0 Å². The van der Waals surface area contributed by atoms with Gasteiger partial charge < -0.3 is 0 Å². The molecule has 0 spiro atoms. The van der Waals surface area contributed by atoms with E-state index in [2.05, 4.69) is 0 Å². The van der Waals surface area contributed by atoms with Crippen LogP contribution in [-0.4, -0.2) is 19.8 Å². The van der Waals surface area contributed by atoms with Crippen molar-refractivity contribution in [3.05, 3.63) is 65.7 Å². The highest BCUT2D eigenvalue weighted by molar-refractivity contribution is 7.89. The summed E-state index contributed by atoms with van der Waals surface area (Å²) in [6, 6.07) is 11.8. The summed E-state index contributed by atoms with van der Waals surface area (Å²) in [6.07, 6.45) is -4.41. The molecule has 23 heavy (non-hydrogen) atoms. The Hall–Kier alpha value is -1.86. The third kappa shape index (κ3) is 3.73. The first kappa shape index (κ1) is 17.5. The van der Waals surface area contributed by atoms with Crippen molar-refractivity contribution in [1.29, 1.82) is 0 Å². The van der Waals surface area contributed by atoms with Gasteiger partial charge in [0.05, 0.1) is 10.5 Å². The Balaban J connectivity index is 2.28. The number of halogens is 3. The lowest BCUT2D eigenvalue weighted by molar-refractivity contribution is -0.137. The van der Waals surface area contributed by atoms with Crippen LogP contribution in [0.3, 0.4) is 0 Å². The number of rotatable bonds is 4. The summed E-state index contributed by atoms with van der Waals surface area (Å²) in [6.45, 7) is 1.63. The monoisotopic (exact) mass is 343 g/mol. The van der Waals surface area contributed by atoms with Crippen LogP contribution >= 0.6 is 0 Å². The van der Waals surface area contributed by atoms with Crippen LogP contribution in [0.15, 0.2) is 59.5 Å². The van der Waals surface area contributed by atoms with Gasteiger partial charge in [-0.25, -0.2) is 8.42 Å². The van der Waals surface area contributed by atoms with E-state index in [9.17, 15) is 21.6 Å². The van der Waals surface area contributed by atoms with E-state index in [0.29, 0.717) is 5.56 Å². The third-order valence-electron chi connectivity index (χ3n) is 3.69. The average molecular weight is 343 g/mol. The zero-order valence-corrected chi connectivity index (χ0v) is 13.4. The quantitative estimate of drug-likeness (QED) is 0.839. The van der Waals surface area contributed by atoms with Crippen LogP contribution in [0.4, 0.5) is 13.2 Å². The second-order valence-electron chi connectivity index (χ2n) is 5.13. The van der Waals surface area contributed by atoms with Crippen molar-refractivity contribution in [2.24, 2.45) is 0 Å². The van der Waals surface area contributed by atoms with Crippen molar-refractivity contribution in [3.8, 4) is 0 Å². The summed E-state index contributed by atoms with van der Waals surface area (Å²) in [5.74, 6) is 0. The zero-order chi connectivity index (χ0) is 17.3. The Morgan fingerprint density at radius 3 is 1.96 bits per heavy atom. The molecule has 0 aliphatic carbocycles. The smallest absolute Gasteiger partial charge is 0.207 e. The lowest BCUT2D eigenvalue weighted by Crippen LogP contribution is -2.29. The number of hydrogen-bond acceptors (Lipinski definition) is 2. The number of benzene rings is 2. The number of nitrogens with zero attached hydrogens (tertiary/aromatic N) is 1. The van der Waals surface area contributed by atoms with Gasteiger partial charge in [0.15, 0.2) is 0 Å². The molecule has 0 heterocycles. The SMILES string of the molecule is C[C@@H](c1ccc(C(F)(F)F)cc1)N(C)S(=O)(=O)c1ccccc1. The number of alkyl halides is 3. The highest BCUT2D eigenvalue weighted by Crippen LogP contribution is 2.31. The first-order valence-corrected chi connectivity index (χ1v) is 8.28. The van der Waals surface area contributed by atoms with Crippen LogP contribution in [-0.2, 0) is 16.2 Å². The van der Waals surface area contributed by atoms with E-state index >= 15 is 0 Å². The molecule has 0 aliphatic heterocycles. The molecule has 2 aromatic carbocycles. The Labute approximate surface area is 133 Å². The second kappa shape index (κ2) is 6.33. The van der Waals surface area contributed by atoms with E-state index in [0.717, 1.165) is 16.4 Å². The largest absolute Gasteiger partial charge is 0.416 e. The van der Waals surface area contributed by atoms with Crippen LogP contribution in [0, 0.1) is 0 Å². The molecule has 0 bridgehead atoms. The lowest BCUT2D eigenvalue weighted by Gasteiger charge is -2.25. The molecule has 0 aromatic heterocycles. The summed E-state index contributed by atoms with van der Waals surface area (Å²) in [5, 5.41) is 0. The molecule has 7 heteroatoms. The van der Waals surface area contributed by atoms with E-state index in [4.69, 9.17) is 0 Å².